The fourth-order valence-corrected chi connectivity index (χ4v) is 2.02. The summed E-state index contributed by atoms with van der Waals surface area (Å²) in [5, 5.41) is 3.21. The molecule has 7 heteroatoms. The summed E-state index contributed by atoms with van der Waals surface area (Å²) in [6.45, 7) is 3.27. The van der Waals surface area contributed by atoms with E-state index >= 15 is 0 Å². The molecule has 1 amide bonds. The Bertz CT molecular complexity index is 384. The van der Waals surface area contributed by atoms with Crippen LogP contribution < -0.4 is 5.32 Å². The van der Waals surface area contributed by atoms with Gasteiger partial charge in [-0.05, 0) is 11.6 Å². The van der Waals surface area contributed by atoms with Gasteiger partial charge in [0.2, 0.25) is 5.91 Å². The van der Waals surface area contributed by atoms with Gasteiger partial charge in [0, 0.05) is 39.1 Å². The van der Waals surface area contributed by atoms with E-state index in [1.165, 1.54) is 0 Å². The lowest BCUT2D eigenvalue weighted by atomic mass is 10.1. The predicted octanol–water partition coefficient (Wildman–Crippen LogP) is 1.12. The van der Waals surface area contributed by atoms with Crippen LogP contribution in [-0.2, 0) is 16.1 Å². The molecule has 20 heavy (non-hydrogen) atoms. The van der Waals surface area contributed by atoms with Crippen LogP contribution in [0.15, 0.2) is 24.5 Å². The molecule has 1 aromatic heterocycles. The Morgan fingerprint density at radius 2 is 2.35 bits per heavy atom. The Morgan fingerprint density at radius 3 is 3.05 bits per heavy atom. The molecule has 1 aliphatic heterocycles. The third kappa shape index (κ3) is 5.63. The normalized spacial score (nSPS) is 18.1. The summed E-state index contributed by atoms with van der Waals surface area (Å²) in [4.78, 5) is 18.0. The maximum atomic E-state index is 12.2. The summed E-state index contributed by atoms with van der Waals surface area (Å²) < 4.78 is 5.41. The number of nitrogens with zero attached hydrogens (tertiary/aromatic N) is 2. The van der Waals surface area contributed by atoms with Gasteiger partial charge in [0.05, 0.1) is 19.1 Å². The van der Waals surface area contributed by atoms with Crippen LogP contribution in [0, 0.1) is 5.92 Å². The van der Waals surface area contributed by atoms with Gasteiger partial charge in [-0.3, -0.25) is 9.78 Å². The molecule has 1 aliphatic rings. The van der Waals surface area contributed by atoms with Crippen molar-refractivity contribution in [1.29, 1.82) is 0 Å². The minimum atomic E-state index is -0.0887. The number of halogens is 2. The Kier molecular flexibility index (Phi) is 9.50. The summed E-state index contributed by atoms with van der Waals surface area (Å²) in [6, 6.07) is 3.85. The van der Waals surface area contributed by atoms with Crippen LogP contribution in [-0.4, -0.2) is 49.1 Å². The minimum Gasteiger partial charge on any atom is -0.379 e. The maximum absolute atomic E-state index is 12.2. The number of aromatic nitrogens is 1. The van der Waals surface area contributed by atoms with Gasteiger partial charge in [0.25, 0.3) is 0 Å². The second kappa shape index (κ2) is 9.94. The van der Waals surface area contributed by atoms with E-state index in [1.807, 2.05) is 19.2 Å². The van der Waals surface area contributed by atoms with Crippen molar-refractivity contribution in [2.45, 2.75) is 6.54 Å². The molecule has 5 nitrogen and oxygen atoms in total. The molecule has 1 N–H and O–H groups in total. The molecule has 0 aliphatic carbocycles. The van der Waals surface area contributed by atoms with Crippen molar-refractivity contribution in [3.05, 3.63) is 30.1 Å². The molecule has 0 aromatic carbocycles. The van der Waals surface area contributed by atoms with Crippen LogP contribution >= 0.6 is 24.8 Å². The van der Waals surface area contributed by atoms with E-state index in [0.29, 0.717) is 26.3 Å². The van der Waals surface area contributed by atoms with E-state index in [0.717, 1.165) is 12.1 Å². The largest absolute Gasteiger partial charge is 0.379 e. The number of pyridine rings is 1. The van der Waals surface area contributed by atoms with E-state index < -0.39 is 0 Å². The molecule has 1 unspecified atom stereocenters. The van der Waals surface area contributed by atoms with Gasteiger partial charge >= 0.3 is 0 Å². The predicted molar refractivity (Wildman–Crippen MR) is 82.4 cm³/mol. The molecule has 114 valence electrons. The zero-order chi connectivity index (χ0) is 12.8. The summed E-state index contributed by atoms with van der Waals surface area (Å²) >= 11 is 0. The van der Waals surface area contributed by atoms with Crippen molar-refractivity contribution in [3.63, 3.8) is 0 Å². The average Bonchev–Trinajstić information content (AvgIpc) is 2.68. The van der Waals surface area contributed by atoms with Crippen molar-refractivity contribution in [3.8, 4) is 0 Å². The number of hydrogen-bond donors (Lipinski definition) is 1. The van der Waals surface area contributed by atoms with Crippen molar-refractivity contribution in [1.82, 2.24) is 15.2 Å². The van der Waals surface area contributed by atoms with Gasteiger partial charge in [-0.2, -0.15) is 0 Å². The van der Waals surface area contributed by atoms with Gasteiger partial charge in [-0.25, -0.2) is 0 Å². The zero-order valence-electron chi connectivity index (χ0n) is 11.4. The highest BCUT2D eigenvalue weighted by atomic mass is 35.5. The third-order valence-electron chi connectivity index (χ3n) is 3.00. The topological polar surface area (TPSA) is 54.5 Å². The highest BCUT2D eigenvalue weighted by Gasteiger charge is 2.23. The first-order chi connectivity index (χ1) is 8.77. The fraction of sp³-hybridized carbons (Fsp3) is 0.538. The fourth-order valence-electron chi connectivity index (χ4n) is 2.02. The molecule has 0 saturated carbocycles. The van der Waals surface area contributed by atoms with Crippen LogP contribution in [0.3, 0.4) is 0 Å². The molecule has 1 aromatic rings. The number of hydrogen-bond acceptors (Lipinski definition) is 4. The summed E-state index contributed by atoms with van der Waals surface area (Å²) in [7, 11) is 1.82. The third-order valence-corrected chi connectivity index (χ3v) is 3.00. The first-order valence-corrected chi connectivity index (χ1v) is 6.19. The molecule has 1 saturated heterocycles. The molecule has 2 rings (SSSR count). The second-order valence-electron chi connectivity index (χ2n) is 4.53. The van der Waals surface area contributed by atoms with Gasteiger partial charge < -0.3 is 15.0 Å². The highest BCUT2D eigenvalue weighted by Crippen LogP contribution is 2.08. The number of carbonyl (C=O) groups excluding carboxylic acids is 1. The Morgan fingerprint density at radius 1 is 1.55 bits per heavy atom. The summed E-state index contributed by atoms with van der Waals surface area (Å²) in [5.74, 6) is 0.0300. The van der Waals surface area contributed by atoms with Crippen LogP contribution in [0.5, 0.6) is 0 Å². The molecular weight excluding hydrogens is 301 g/mol. The number of amides is 1. The van der Waals surface area contributed by atoms with E-state index in [1.54, 1.807) is 17.3 Å². The number of nitrogens with one attached hydrogen (secondary N) is 1. The van der Waals surface area contributed by atoms with Gasteiger partial charge in [0.1, 0.15) is 0 Å². The molecule has 1 fully saturated rings. The second-order valence-corrected chi connectivity index (χ2v) is 4.53. The first kappa shape index (κ1) is 19.1. The SMILES string of the molecule is CN(Cc1cccnc1)C(=O)C1CNCCOC1.Cl.Cl. The van der Waals surface area contributed by atoms with E-state index in [9.17, 15) is 4.79 Å². The quantitative estimate of drug-likeness (QED) is 0.906. The summed E-state index contributed by atoms with van der Waals surface area (Å²) in [6.07, 6.45) is 3.51. The smallest absolute Gasteiger partial charge is 0.229 e. The molecule has 2 heterocycles. The van der Waals surface area contributed by atoms with Crippen molar-refractivity contribution in [2.75, 3.05) is 33.4 Å². The Labute approximate surface area is 131 Å². The molecule has 0 bridgehead atoms. The van der Waals surface area contributed by atoms with Crippen LogP contribution in [0.25, 0.3) is 0 Å². The first-order valence-electron chi connectivity index (χ1n) is 6.19. The van der Waals surface area contributed by atoms with Crippen molar-refractivity contribution >= 4 is 30.7 Å². The molecule has 1 atom stereocenters. The average molecular weight is 322 g/mol. The highest BCUT2D eigenvalue weighted by molar-refractivity contribution is 5.85. The summed E-state index contributed by atoms with van der Waals surface area (Å²) in [5.41, 5.74) is 1.04. The number of carbonyl (C=O) groups is 1. The maximum Gasteiger partial charge on any atom is 0.229 e. The Hall–Kier alpha value is -0.880. The van der Waals surface area contributed by atoms with Crippen LogP contribution in [0.2, 0.25) is 0 Å². The van der Waals surface area contributed by atoms with E-state index in [4.69, 9.17) is 4.74 Å². The van der Waals surface area contributed by atoms with Crippen LogP contribution in [0.1, 0.15) is 5.56 Å². The Balaban J connectivity index is 0.00000180. The molecular formula is C13H21Cl2N3O2. The lowest BCUT2D eigenvalue weighted by molar-refractivity contribution is -0.136. The van der Waals surface area contributed by atoms with E-state index in [2.05, 4.69) is 10.3 Å². The van der Waals surface area contributed by atoms with E-state index in [-0.39, 0.29) is 36.6 Å². The lowest BCUT2D eigenvalue weighted by Crippen LogP contribution is -2.38. The van der Waals surface area contributed by atoms with Crippen molar-refractivity contribution in [2.24, 2.45) is 5.92 Å². The molecule has 0 radical (unpaired) electrons. The monoisotopic (exact) mass is 321 g/mol. The van der Waals surface area contributed by atoms with Crippen LogP contribution in [0.4, 0.5) is 0 Å². The number of rotatable bonds is 3. The van der Waals surface area contributed by atoms with Gasteiger partial charge in [-0.1, -0.05) is 6.07 Å². The zero-order valence-corrected chi connectivity index (χ0v) is 13.1. The van der Waals surface area contributed by atoms with Crippen molar-refractivity contribution < 1.29 is 9.53 Å². The standard InChI is InChI=1S/C13H19N3O2.2ClH/c1-16(9-11-3-2-4-14-7-11)13(17)12-8-15-5-6-18-10-12;;/h2-4,7,12,15H,5-6,8-10H2,1H3;2*1H. The lowest BCUT2D eigenvalue weighted by Gasteiger charge is -2.22. The minimum absolute atomic E-state index is 0. The van der Waals surface area contributed by atoms with Gasteiger partial charge in [-0.15, -0.1) is 24.8 Å². The number of ether oxygens (including phenoxy) is 1. The van der Waals surface area contributed by atoms with Gasteiger partial charge in [0.15, 0.2) is 0 Å². The molecule has 0 spiro atoms.